The SMILES string of the molecule is CCCNCc1cccc(C)c1OCc1ccncc1Cl. The lowest BCUT2D eigenvalue weighted by Crippen LogP contribution is -2.15. The maximum Gasteiger partial charge on any atom is 0.127 e. The number of nitrogens with one attached hydrogen (secondary N) is 1. The topological polar surface area (TPSA) is 34.1 Å². The maximum atomic E-state index is 6.12. The summed E-state index contributed by atoms with van der Waals surface area (Å²) in [6, 6.07) is 8.10. The van der Waals surface area contributed by atoms with E-state index in [1.165, 1.54) is 5.56 Å². The number of aryl methyl sites for hydroxylation is 1. The van der Waals surface area contributed by atoms with E-state index in [-0.39, 0.29) is 0 Å². The molecule has 0 amide bonds. The van der Waals surface area contributed by atoms with Crippen LogP contribution in [0.25, 0.3) is 0 Å². The summed E-state index contributed by atoms with van der Waals surface area (Å²) in [4.78, 5) is 3.99. The zero-order chi connectivity index (χ0) is 15.1. The Morgan fingerprint density at radius 1 is 1.24 bits per heavy atom. The smallest absolute Gasteiger partial charge is 0.127 e. The van der Waals surface area contributed by atoms with Gasteiger partial charge in [0.25, 0.3) is 0 Å². The first kappa shape index (κ1) is 15.8. The highest BCUT2D eigenvalue weighted by Crippen LogP contribution is 2.25. The summed E-state index contributed by atoms with van der Waals surface area (Å²) in [5.41, 5.74) is 3.26. The number of ether oxygens (including phenoxy) is 1. The lowest BCUT2D eigenvalue weighted by Gasteiger charge is -2.15. The van der Waals surface area contributed by atoms with Gasteiger partial charge in [-0.05, 0) is 31.5 Å². The third-order valence-corrected chi connectivity index (χ3v) is 3.60. The van der Waals surface area contributed by atoms with Crippen LogP contribution in [0, 0.1) is 6.92 Å². The first-order valence-electron chi connectivity index (χ1n) is 7.22. The van der Waals surface area contributed by atoms with Crippen molar-refractivity contribution in [1.82, 2.24) is 10.3 Å². The highest BCUT2D eigenvalue weighted by atomic mass is 35.5. The minimum Gasteiger partial charge on any atom is -0.488 e. The summed E-state index contributed by atoms with van der Waals surface area (Å²) < 4.78 is 6.01. The zero-order valence-electron chi connectivity index (χ0n) is 12.5. The van der Waals surface area contributed by atoms with E-state index in [0.29, 0.717) is 11.6 Å². The Labute approximate surface area is 131 Å². The van der Waals surface area contributed by atoms with Crippen LogP contribution in [0.3, 0.4) is 0 Å². The summed E-state index contributed by atoms with van der Waals surface area (Å²) in [5, 5.41) is 4.05. The van der Waals surface area contributed by atoms with Crippen molar-refractivity contribution < 1.29 is 4.74 Å². The predicted octanol–water partition coefficient (Wildman–Crippen LogP) is 4.12. The first-order valence-corrected chi connectivity index (χ1v) is 7.60. The minimum absolute atomic E-state index is 0.451. The van der Waals surface area contributed by atoms with Crippen LogP contribution >= 0.6 is 11.6 Å². The van der Waals surface area contributed by atoms with Gasteiger partial charge < -0.3 is 10.1 Å². The molecule has 0 unspecified atom stereocenters. The normalized spacial score (nSPS) is 10.6. The second-order valence-corrected chi connectivity index (χ2v) is 5.40. The molecule has 2 rings (SSSR count). The van der Waals surface area contributed by atoms with Crippen LogP contribution in [0.5, 0.6) is 5.75 Å². The van der Waals surface area contributed by atoms with Crippen LogP contribution in [0.4, 0.5) is 0 Å². The summed E-state index contributed by atoms with van der Waals surface area (Å²) >= 11 is 6.12. The molecule has 0 aliphatic heterocycles. The van der Waals surface area contributed by atoms with Crippen molar-refractivity contribution in [1.29, 1.82) is 0 Å². The molecule has 1 aromatic carbocycles. The number of nitrogens with zero attached hydrogens (tertiary/aromatic N) is 1. The Morgan fingerprint density at radius 3 is 2.86 bits per heavy atom. The van der Waals surface area contributed by atoms with Crippen molar-refractivity contribution in [2.75, 3.05) is 6.54 Å². The number of para-hydroxylation sites is 1. The average molecular weight is 305 g/mol. The van der Waals surface area contributed by atoms with Gasteiger partial charge in [-0.3, -0.25) is 4.98 Å². The third kappa shape index (κ3) is 4.45. The molecule has 0 saturated carbocycles. The van der Waals surface area contributed by atoms with Gasteiger partial charge in [-0.25, -0.2) is 0 Å². The van der Waals surface area contributed by atoms with Crippen LogP contribution in [0.1, 0.15) is 30.0 Å². The van der Waals surface area contributed by atoms with Gasteiger partial charge in [0, 0.05) is 30.1 Å². The van der Waals surface area contributed by atoms with Gasteiger partial charge in [-0.1, -0.05) is 36.7 Å². The molecule has 1 N–H and O–H groups in total. The van der Waals surface area contributed by atoms with E-state index in [4.69, 9.17) is 16.3 Å². The Morgan fingerprint density at radius 2 is 2.10 bits per heavy atom. The van der Waals surface area contributed by atoms with E-state index in [2.05, 4.69) is 42.3 Å². The van der Waals surface area contributed by atoms with Gasteiger partial charge in [0.05, 0.1) is 5.02 Å². The molecule has 0 radical (unpaired) electrons. The van der Waals surface area contributed by atoms with Crippen molar-refractivity contribution in [2.45, 2.75) is 33.4 Å². The molecule has 2 aromatic rings. The highest BCUT2D eigenvalue weighted by Gasteiger charge is 2.08. The number of hydrogen-bond donors (Lipinski definition) is 1. The van der Waals surface area contributed by atoms with Crippen LogP contribution in [0.15, 0.2) is 36.7 Å². The van der Waals surface area contributed by atoms with E-state index < -0.39 is 0 Å². The summed E-state index contributed by atoms with van der Waals surface area (Å²) in [7, 11) is 0. The maximum absolute atomic E-state index is 6.12. The van der Waals surface area contributed by atoms with Crippen LogP contribution < -0.4 is 10.1 Å². The molecule has 0 bridgehead atoms. The van der Waals surface area contributed by atoms with Crippen LogP contribution in [-0.2, 0) is 13.2 Å². The molecule has 0 atom stereocenters. The lowest BCUT2D eigenvalue weighted by molar-refractivity contribution is 0.300. The minimum atomic E-state index is 0.451. The Balaban J connectivity index is 2.09. The lowest BCUT2D eigenvalue weighted by atomic mass is 10.1. The monoisotopic (exact) mass is 304 g/mol. The van der Waals surface area contributed by atoms with Crippen molar-refractivity contribution in [3.63, 3.8) is 0 Å². The van der Waals surface area contributed by atoms with Gasteiger partial charge in [0.15, 0.2) is 0 Å². The molecule has 0 aliphatic rings. The summed E-state index contributed by atoms with van der Waals surface area (Å²) in [5.74, 6) is 0.939. The highest BCUT2D eigenvalue weighted by molar-refractivity contribution is 6.31. The fourth-order valence-electron chi connectivity index (χ4n) is 2.13. The Kier molecular flexibility index (Phi) is 6.03. The molecule has 112 valence electrons. The number of aromatic nitrogens is 1. The van der Waals surface area contributed by atoms with Crippen molar-refractivity contribution in [2.24, 2.45) is 0 Å². The van der Waals surface area contributed by atoms with Crippen molar-refractivity contribution in [3.05, 3.63) is 58.4 Å². The number of pyridine rings is 1. The summed E-state index contributed by atoms with van der Waals surface area (Å²) in [6.07, 6.45) is 4.49. The quantitative estimate of drug-likeness (QED) is 0.781. The molecule has 1 aromatic heterocycles. The van der Waals surface area contributed by atoms with E-state index in [1.54, 1.807) is 12.4 Å². The molecule has 0 aliphatic carbocycles. The summed E-state index contributed by atoms with van der Waals surface area (Å²) in [6.45, 7) is 6.49. The second-order valence-electron chi connectivity index (χ2n) is 5.00. The number of benzene rings is 1. The van der Waals surface area contributed by atoms with Crippen molar-refractivity contribution in [3.8, 4) is 5.75 Å². The standard InChI is InChI=1S/C17H21ClN2O/c1-3-8-19-10-14-6-4-5-13(2)17(14)21-12-15-7-9-20-11-16(15)18/h4-7,9,11,19H,3,8,10,12H2,1-2H3. The number of rotatable bonds is 7. The molecule has 4 heteroatoms. The number of hydrogen-bond acceptors (Lipinski definition) is 3. The molecule has 0 spiro atoms. The van der Waals surface area contributed by atoms with E-state index in [9.17, 15) is 0 Å². The molecular weight excluding hydrogens is 284 g/mol. The number of halogens is 1. The largest absolute Gasteiger partial charge is 0.488 e. The average Bonchev–Trinajstić information content (AvgIpc) is 2.48. The van der Waals surface area contributed by atoms with Gasteiger partial charge in [-0.15, -0.1) is 0 Å². The molecular formula is C17H21ClN2O. The van der Waals surface area contributed by atoms with E-state index >= 15 is 0 Å². The molecule has 0 saturated heterocycles. The zero-order valence-corrected chi connectivity index (χ0v) is 13.3. The van der Waals surface area contributed by atoms with Crippen molar-refractivity contribution >= 4 is 11.6 Å². The first-order chi connectivity index (χ1) is 10.2. The van der Waals surface area contributed by atoms with Gasteiger partial charge in [0.2, 0.25) is 0 Å². The fraction of sp³-hybridized carbons (Fsp3) is 0.353. The molecule has 0 fully saturated rings. The van der Waals surface area contributed by atoms with Crippen LogP contribution in [0.2, 0.25) is 5.02 Å². The predicted molar refractivity (Wildman–Crippen MR) is 86.8 cm³/mol. The molecule has 3 nitrogen and oxygen atoms in total. The molecule has 1 heterocycles. The van der Waals surface area contributed by atoms with Gasteiger partial charge in [-0.2, -0.15) is 0 Å². The van der Waals surface area contributed by atoms with Gasteiger partial charge >= 0.3 is 0 Å². The Hall–Kier alpha value is -1.58. The van der Waals surface area contributed by atoms with E-state index in [1.807, 2.05) is 6.07 Å². The van der Waals surface area contributed by atoms with Gasteiger partial charge in [0.1, 0.15) is 12.4 Å². The molecule has 21 heavy (non-hydrogen) atoms. The van der Waals surface area contributed by atoms with Crippen LogP contribution in [-0.4, -0.2) is 11.5 Å². The second kappa shape index (κ2) is 8.01. The fourth-order valence-corrected chi connectivity index (χ4v) is 2.30. The van der Waals surface area contributed by atoms with E-state index in [0.717, 1.165) is 36.4 Å². The third-order valence-electron chi connectivity index (χ3n) is 3.26. The Bertz CT molecular complexity index is 587.